The van der Waals surface area contributed by atoms with Crippen LogP contribution in [-0.4, -0.2) is 57.1 Å². The molecule has 0 saturated heterocycles. The molecule has 0 aliphatic rings. The van der Waals surface area contributed by atoms with Gasteiger partial charge in [-0.3, -0.25) is 13.9 Å². The maximum atomic E-state index is 13.4. The summed E-state index contributed by atoms with van der Waals surface area (Å²) in [6, 6.07) is 13.2. The molecule has 0 aromatic heterocycles. The third kappa shape index (κ3) is 7.62. The summed E-state index contributed by atoms with van der Waals surface area (Å²) >= 11 is 12.0. The highest BCUT2D eigenvalue weighted by Gasteiger charge is 2.31. The van der Waals surface area contributed by atoms with Crippen LogP contribution in [0.25, 0.3) is 0 Å². The zero-order chi connectivity index (χ0) is 24.6. The van der Waals surface area contributed by atoms with Gasteiger partial charge in [0.25, 0.3) is 0 Å². The van der Waals surface area contributed by atoms with Crippen LogP contribution in [0.1, 0.15) is 25.8 Å². The largest absolute Gasteiger partial charge is 0.355 e. The Bertz CT molecular complexity index is 1060. The number of hydrogen-bond donors (Lipinski definition) is 1. The molecule has 0 aliphatic carbocycles. The van der Waals surface area contributed by atoms with Gasteiger partial charge in [0, 0.05) is 13.1 Å². The van der Waals surface area contributed by atoms with E-state index in [0.717, 1.165) is 16.1 Å². The van der Waals surface area contributed by atoms with E-state index >= 15 is 0 Å². The van der Waals surface area contributed by atoms with Gasteiger partial charge in [-0.1, -0.05) is 60.5 Å². The molecule has 0 heterocycles. The average molecular weight is 514 g/mol. The van der Waals surface area contributed by atoms with Crippen LogP contribution in [0.5, 0.6) is 0 Å². The lowest BCUT2D eigenvalue weighted by molar-refractivity contribution is -0.139. The molecule has 0 radical (unpaired) electrons. The minimum Gasteiger partial charge on any atom is -0.355 e. The van der Waals surface area contributed by atoms with Crippen molar-refractivity contribution in [3.8, 4) is 0 Å². The maximum Gasteiger partial charge on any atom is 0.244 e. The first-order valence-corrected chi connectivity index (χ1v) is 13.2. The number of carbonyl (C=O) groups is 2. The fourth-order valence-corrected chi connectivity index (χ4v) is 4.58. The molecule has 1 atom stereocenters. The molecule has 7 nitrogen and oxygen atoms in total. The van der Waals surface area contributed by atoms with Gasteiger partial charge in [0.2, 0.25) is 21.8 Å². The van der Waals surface area contributed by atoms with Gasteiger partial charge in [0.1, 0.15) is 12.6 Å². The van der Waals surface area contributed by atoms with E-state index in [4.69, 9.17) is 23.2 Å². The Morgan fingerprint density at radius 3 is 2.24 bits per heavy atom. The zero-order valence-electron chi connectivity index (χ0n) is 18.9. The van der Waals surface area contributed by atoms with Crippen LogP contribution >= 0.6 is 23.2 Å². The Hall–Kier alpha value is -2.29. The SMILES string of the molecule is CCNC(=O)[C@@H](CC)N(CCc1ccccc1)C(=O)CN(c1ccc(Cl)c(Cl)c1)S(C)(=O)=O. The van der Waals surface area contributed by atoms with Gasteiger partial charge in [-0.15, -0.1) is 0 Å². The van der Waals surface area contributed by atoms with E-state index in [-0.39, 0.29) is 28.2 Å². The van der Waals surface area contributed by atoms with Crippen molar-refractivity contribution < 1.29 is 18.0 Å². The smallest absolute Gasteiger partial charge is 0.244 e. The number of rotatable bonds is 11. The second-order valence-electron chi connectivity index (χ2n) is 7.51. The van der Waals surface area contributed by atoms with E-state index in [1.807, 2.05) is 37.3 Å². The van der Waals surface area contributed by atoms with Gasteiger partial charge >= 0.3 is 0 Å². The van der Waals surface area contributed by atoms with E-state index in [1.165, 1.54) is 23.1 Å². The topological polar surface area (TPSA) is 86.8 Å². The number of sulfonamides is 1. The minimum absolute atomic E-state index is 0.171. The molecule has 0 unspecified atom stereocenters. The van der Waals surface area contributed by atoms with Gasteiger partial charge in [0.15, 0.2) is 0 Å². The van der Waals surface area contributed by atoms with E-state index in [0.29, 0.717) is 19.4 Å². The third-order valence-electron chi connectivity index (χ3n) is 5.09. The lowest BCUT2D eigenvalue weighted by Gasteiger charge is -2.32. The highest BCUT2D eigenvalue weighted by atomic mass is 35.5. The van der Waals surface area contributed by atoms with E-state index in [1.54, 1.807) is 6.92 Å². The molecular weight excluding hydrogens is 485 g/mol. The molecule has 180 valence electrons. The van der Waals surface area contributed by atoms with Crippen LogP contribution in [-0.2, 0) is 26.0 Å². The molecule has 0 bridgehead atoms. The van der Waals surface area contributed by atoms with Crippen LogP contribution in [0.3, 0.4) is 0 Å². The van der Waals surface area contributed by atoms with E-state index in [2.05, 4.69) is 5.32 Å². The molecule has 2 rings (SSSR count). The third-order valence-corrected chi connectivity index (χ3v) is 6.97. The molecule has 1 N–H and O–H groups in total. The second kappa shape index (κ2) is 12.3. The van der Waals surface area contributed by atoms with E-state index in [9.17, 15) is 18.0 Å². The van der Waals surface area contributed by atoms with Crippen LogP contribution in [0, 0.1) is 0 Å². The minimum atomic E-state index is -3.82. The summed E-state index contributed by atoms with van der Waals surface area (Å²) in [5, 5.41) is 3.20. The fraction of sp³-hybridized carbons (Fsp3) is 0.391. The Balaban J connectivity index is 2.36. The molecule has 0 fully saturated rings. The molecule has 2 aromatic rings. The van der Waals surface area contributed by atoms with Crippen molar-refractivity contribution in [1.82, 2.24) is 10.2 Å². The number of carbonyl (C=O) groups excluding carboxylic acids is 2. The Morgan fingerprint density at radius 2 is 1.70 bits per heavy atom. The summed E-state index contributed by atoms with van der Waals surface area (Å²) in [5.74, 6) is -0.762. The molecule has 0 saturated carbocycles. The van der Waals surface area contributed by atoms with Gasteiger partial charge < -0.3 is 10.2 Å². The number of nitrogens with one attached hydrogen (secondary N) is 1. The van der Waals surface area contributed by atoms with Crippen molar-refractivity contribution in [3.63, 3.8) is 0 Å². The number of amides is 2. The first-order valence-electron chi connectivity index (χ1n) is 10.6. The van der Waals surface area contributed by atoms with Crippen LogP contribution in [0.15, 0.2) is 48.5 Å². The zero-order valence-corrected chi connectivity index (χ0v) is 21.3. The predicted molar refractivity (Wildman–Crippen MR) is 133 cm³/mol. The molecular formula is C23H29Cl2N3O4S. The summed E-state index contributed by atoms with van der Waals surface area (Å²) in [5.41, 5.74) is 1.22. The van der Waals surface area contributed by atoms with Crippen molar-refractivity contribution in [2.45, 2.75) is 32.7 Å². The van der Waals surface area contributed by atoms with Gasteiger partial charge in [0.05, 0.1) is 22.0 Å². The monoisotopic (exact) mass is 513 g/mol. The van der Waals surface area contributed by atoms with Gasteiger partial charge in [-0.25, -0.2) is 8.42 Å². The predicted octanol–water partition coefficient (Wildman–Crippen LogP) is 3.75. The summed E-state index contributed by atoms with van der Waals surface area (Å²) in [6.07, 6.45) is 1.92. The summed E-state index contributed by atoms with van der Waals surface area (Å²) in [4.78, 5) is 27.6. The second-order valence-corrected chi connectivity index (χ2v) is 10.2. The fourth-order valence-electron chi connectivity index (χ4n) is 3.44. The summed E-state index contributed by atoms with van der Waals surface area (Å²) in [6.45, 7) is 3.83. The van der Waals surface area contributed by atoms with Crippen molar-refractivity contribution in [1.29, 1.82) is 0 Å². The standard InChI is InChI=1S/C23H29Cl2N3O4S/c1-4-21(23(30)26-5-2)27(14-13-17-9-7-6-8-10-17)22(29)16-28(33(3,31)32)18-11-12-19(24)20(25)15-18/h6-12,15,21H,4-5,13-14,16H2,1-3H3,(H,26,30)/t21-/m1/s1. The highest BCUT2D eigenvalue weighted by Crippen LogP contribution is 2.28. The maximum absolute atomic E-state index is 13.4. The molecule has 0 aliphatic heterocycles. The molecule has 2 amide bonds. The van der Waals surface area contributed by atoms with Gasteiger partial charge in [-0.2, -0.15) is 0 Å². The number of nitrogens with zero attached hydrogens (tertiary/aromatic N) is 2. The lowest BCUT2D eigenvalue weighted by Crippen LogP contribution is -2.53. The number of benzene rings is 2. The van der Waals surface area contributed by atoms with Crippen LogP contribution in [0.4, 0.5) is 5.69 Å². The number of anilines is 1. The molecule has 2 aromatic carbocycles. The van der Waals surface area contributed by atoms with Crippen LogP contribution < -0.4 is 9.62 Å². The molecule has 10 heteroatoms. The summed E-state index contributed by atoms with van der Waals surface area (Å²) in [7, 11) is -3.82. The number of likely N-dealkylation sites (N-methyl/N-ethyl adjacent to an activating group) is 1. The van der Waals surface area contributed by atoms with Crippen molar-refractivity contribution >= 4 is 50.7 Å². The van der Waals surface area contributed by atoms with E-state index < -0.39 is 28.5 Å². The first-order chi connectivity index (χ1) is 15.6. The van der Waals surface area contributed by atoms with Crippen LogP contribution in [0.2, 0.25) is 10.0 Å². The molecule has 33 heavy (non-hydrogen) atoms. The Labute approximate surface area is 205 Å². The number of hydrogen-bond acceptors (Lipinski definition) is 4. The lowest BCUT2D eigenvalue weighted by atomic mass is 10.1. The number of halogens is 2. The average Bonchev–Trinajstić information content (AvgIpc) is 2.76. The molecule has 0 spiro atoms. The Kier molecular flexibility index (Phi) is 10.0. The van der Waals surface area contributed by atoms with Crippen molar-refractivity contribution in [2.24, 2.45) is 0 Å². The highest BCUT2D eigenvalue weighted by molar-refractivity contribution is 7.92. The quantitative estimate of drug-likeness (QED) is 0.495. The summed E-state index contributed by atoms with van der Waals surface area (Å²) < 4.78 is 26.1. The normalized spacial score (nSPS) is 12.2. The van der Waals surface area contributed by atoms with Crippen molar-refractivity contribution in [3.05, 3.63) is 64.1 Å². The van der Waals surface area contributed by atoms with Gasteiger partial charge in [-0.05, 0) is 43.5 Å². The first kappa shape index (κ1) is 27.0. The Morgan fingerprint density at radius 1 is 1.03 bits per heavy atom. The van der Waals surface area contributed by atoms with Crippen molar-refractivity contribution in [2.75, 3.05) is 30.2 Å².